The number of nitrogens with zero attached hydrogens (tertiary/aromatic N) is 1. The number of carbonyl (C=O) groups is 2. The van der Waals surface area contributed by atoms with Crippen LogP contribution in [0.3, 0.4) is 0 Å². The summed E-state index contributed by atoms with van der Waals surface area (Å²) in [4.78, 5) is 27.2. The van der Waals surface area contributed by atoms with E-state index in [0.29, 0.717) is 5.76 Å². The highest BCUT2D eigenvalue weighted by Gasteiger charge is 2.51. The number of amides is 1. The van der Waals surface area contributed by atoms with Crippen molar-refractivity contribution in [2.75, 3.05) is 13.7 Å². The van der Waals surface area contributed by atoms with Crippen molar-refractivity contribution in [2.45, 2.75) is 58.4 Å². The van der Waals surface area contributed by atoms with E-state index in [1.807, 2.05) is 39.0 Å². The van der Waals surface area contributed by atoms with E-state index in [4.69, 9.17) is 9.47 Å². The standard InChI is InChI=1S/C22H29NO4/c1-15-9-8-12-19(16(15)2)27-18-13-20(24)23(14-18)22(3,21(25)26-4)17-10-6-5-7-11-17/h8-9,12-13,17H,5-7,10-11,14H2,1-4H3. The Kier molecular flexibility index (Phi) is 5.59. The van der Waals surface area contributed by atoms with Gasteiger partial charge in [0.25, 0.3) is 5.91 Å². The Bertz CT molecular complexity index is 764. The van der Waals surface area contributed by atoms with Gasteiger partial charge in [-0.25, -0.2) is 4.79 Å². The number of benzene rings is 1. The molecule has 0 radical (unpaired) electrons. The highest BCUT2D eigenvalue weighted by molar-refractivity contribution is 5.96. The topological polar surface area (TPSA) is 55.8 Å². The number of hydrogen-bond donors (Lipinski definition) is 0. The van der Waals surface area contributed by atoms with Crippen molar-refractivity contribution in [2.24, 2.45) is 5.92 Å². The van der Waals surface area contributed by atoms with E-state index in [1.54, 1.807) is 4.90 Å². The first-order valence-electron chi connectivity index (χ1n) is 9.72. The summed E-state index contributed by atoms with van der Waals surface area (Å²) in [5.41, 5.74) is 1.22. The minimum absolute atomic E-state index is 0.108. The molecule has 1 unspecified atom stereocenters. The van der Waals surface area contributed by atoms with E-state index in [0.717, 1.165) is 42.6 Å². The van der Waals surface area contributed by atoms with Gasteiger partial charge in [0.15, 0.2) is 0 Å². The molecule has 5 nitrogen and oxygen atoms in total. The first-order valence-corrected chi connectivity index (χ1v) is 9.72. The Morgan fingerprint density at radius 3 is 2.56 bits per heavy atom. The summed E-state index contributed by atoms with van der Waals surface area (Å²) in [5.74, 6) is 0.891. The average molecular weight is 371 g/mol. The third kappa shape index (κ3) is 3.60. The van der Waals surface area contributed by atoms with Crippen LogP contribution < -0.4 is 4.74 Å². The largest absolute Gasteiger partial charge is 0.467 e. The van der Waals surface area contributed by atoms with Gasteiger partial charge in [0.05, 0.1) is 13.7 Å². The average Bonchev–Trinajstić information content (AvgIpc) is 3.05. The summed E-state index contributed by atoms with van der Waals surface area (Å²) in [5, 5.41) is 0. The van der Waals surface area contributed by atoms with Gasteiger partial charge in [-0.15, -0.1) is 0 Å². The van der Waals surface area contributed by atoms with Crippen LogP contribution in [0.2, 0.25) is 0 Å². The van der Waals surface area contributed by atoms with Crippen molar-refractivity contribution in [1.29, 1.82) is 0 Å². The molecule has 5 heteroatoms. The zero-order chi connectivity index (χ0) is 19.6. The smallest absolute Gasteiger partial charge is 0.331 e. The van der Waals surface area contributed by atoms with E-state index >= 15 is 0 Å². The Morgan fingerprint density at radius 2 is 1.89 bits per heavy atom. The van der Waals surface area contributed by atoms with Crippen molar-refractivity contribution in [3.05, 3.63) is 41.2 Å². The Hall–Kier alpha value is -2.30. The quantitative estimate of drug-likeness (QED) is 0.736. The summed E-state index contributed by atoms with van der Waals surface area (Å²) in [6.45, 7) is 6.16. The van der Waals surface area contributed by atoms with Crippen LogP contribution in [0.15, 0.2) is 30.0 Å². The number of methoxy groups -OCH3 is 1. The lowest BCUT2D eigenvalue weighted by Crippen LogP contribution is -2.59. The van der Waals surface area contributed by atoms with Gasteiger partial charge in [-0.1, -0.05) is 31.4 Å². The molecule has 27 heavy (non-hydrogen) atoms. The van der Waals surface area contributed by atoms with Crippen molar-refractivity contribution >= 4 is 11.9 Å². The van der Waals surface area contributed by atoms with Crippen LogP contribution in [-0.4, -0.2) is 36.0 Å². The van der Waals surface area contributed by atoms with Crippen LogP contribution in [-0.2, 0) is 14.3 Å². The van der Waals surface area contributed by atoms with Gasteiger partial charge in [-0.2, -0.15) is 0 Å². The summed E-state index contributed by atoms with van der Waals surface area (Å²) in [7, 11) is 1.39. The zero-order valence-electron chi connectivity index (χ0n) is 16.7. The van der Waals surface area contributed by atoms with Crippen molar-refractivity contribution < 1.29 is 19.1 Å². The molecule has 3 rings (SSSR count). The minimum atomic E-state index is -0.963. The Morgan fingerprint density at radius 1 is 1.19 bits per heavy atom. The molecule has 1 saturated carbocycles. The monoisotopic (exact) mass is 371 g/mol. The molecule has 1 fully saturated rings. The lowest BCUT2D eigenvalue weighted by molar-refractivity contribution is -0.163. The van der Waals surface area contributed by atoms with Gasteiger partial charge in [0.1, 0.15) is 17.0 Å². The van der Waals surface area contributed by atoms with Crippen molar-refractivity contribution in [1.82, 2.24) is 4.90 Å². The van der Waals surface area contributed by atoms with Crippen LogP contribution >= 0.6 is 0 Å². The Balaban J connectivity index is 1.83. The molecule has 146 valence electrons. The molecule has 1 atom stereocenters. The van der Waals surface area contributed by atoms with Crippen molar-refractivity contribution in [3.8, 4) is 5.75 Å². The first kappa shape index (κ1) is 19.5. The number of esters is 1. The molecular weight excluding hydrogens is 342 g/mol. The third-order valence-corrected chi connectivity index (χ3v) is 6.22. The molecule has 0 saturated heterocycles. The fourth-order valence-corrected chi connectivity index (χ4v) is 4.29. The van der Waals surface area contributed by atoms with Crippen LogP contribution in [0.25, 0.3) is 0 Å². The number of ether oxygens (including phenoxy) is 2. The molecule has 1 aliphatic heterocycles. The van der Waals surface area contributed by atoms with Crippen LogP contribution in [0.4, 0.5) is 0 Å². The number of rotatable bonds is 5. The van der Waals surface area contributed by atoms with Crippen molar-refractivity contribution in [3.63, 3.8) is 0 Å². The van der Waals surface area contributed by atoms with Crippen LogP contribution in [0.1, 0.15) is 50.2 Å². The second-order valence-electron chi connectivity index (χ2n) is 7.81. The maximum absolute atomic E-state index is 12.8. The lowest BCUT2D eigenvalue weighted by atomic mass is 9.74. The third-order valence-electron chi connectivity index (χ3n) is 6.22. The van der Waals surface area contributed by atoms with E-state index in [1.165, 1.54) is 19.6 Å². The molecule has 0 aromatic heterocycles. The maximum atomic E-state index is 12.8. The minimum Gasteiger partial charge on any atom is -0.467 e. The second kappa shape index (κ2) is 7.75. The predicted octanol–water partition coefficient (Wildman–Crippen LogP) is 3.92. The molecule has 1 aromatic rings. The fourth-order valence-electron chi connectivity index (χ4n) is 4.29. The summed E-state index contributed by atoms with van der Waals surface area (Å²) in [6, 6.07) is 5.87. The SMILES string of the molecule is COC(=O)C(C)(C1CCCCC1)N1CC(Oc2cccc(C)c2C)=CC1=O. The van der Waals surface area contributed by atoms with Gasteiger partial charge in [0, 0.05) is 6.08 Å². The fraction of sp³-hybridized carbons (Fsp3) is 0.545. The summed E-state index contributed by atoms with van der Waals surface area (Å²) in [6.07, 6.45) is 6.72. The zero-order valence-corrected chi connectivity index (χ0v) is 16.7. The van der Waals surface area contributed by atoms with E-state index in [-0.39, 0.29) is 24.3 Å². The lowest BCUT2D eigenvalue weighted by Gasteiger charge is -2.43. The van der Waals surface area contributed by atoms with Gasteiger partial charge in [-0.05, 0) is 56.7 Å². The molecule has 1 aromatic carbocycles. The van der Waals surface area contributed by atoms with E-state index in [9.17, 15) is 9.59 Å². The number of hydrogen-bond acceptors (Lipinski definition) is 4. The van der Waals surface area contributed by atoms with Gasteiger partial charge in [-0.3, -0.25) is 4.79 Å². The molecule has 0 bridgehead atoms. The van der Waals surface area contributed by atoms with E-state index < -0.39 is 5.54 Å². The summed E-state index contributed by atoms with van der Waals surface area (Å²) < 4.78 is 11.2. The molecule has 1 aliphatic carbocycles. The van der Waals surface area contributed by atoms with Crippen LogP contribution in [0, 0.1) is 19.8 Å². The molecule has 0 N–H and O–H groups in total. The molecule has 0 spiro atoms. The first-order chi connectivity index (χ1) is 12.9. The van der Waals surface area contributed by atoms with Crippen LogP contribution in [0.5, 0.6) is 5.75 Å². The summed E-state index contributed by atoms with van der Waals surface area (Å²) >= 11 is 0. The highest BCUT2D eigenvalue weighted by Crippen LogP contribution is 2.39. The molecular formula is C22H29NO4. The van der Waals surface area contributed by atoms with Gasteiger partial charge < -0.3 is 14.4 Å². The molecule has 1 heterocycles. The predicted molar refractivity (Wildman–Crippen MR) is 103 cm³/mol. The number of carbonyl (C=O) groups excluding carboxylic acids is 2. The number of aryl methyl sites for hydroxylation is 1. The van der Waals surface area contributed by atoms with Gasteiger partial charge >= 0.3 is 5.97 Å². The molecule has 1 amide bonds. The normalized spacial score (nSPS) is 20.2. The second-order valence-corrected chi connectivity index (χ2v) is 7.81. The highest BCUT2D eigenvalue weighted by atomic mass is 16.5. The molecule has 2 aliphatic rings. The van der Waals surface area contributed by atoms with E-state index in [2.05, 4.69) is 0 Å². The Labute approximate surface area is 161 Å². The maximum Gasteiger partial charge on any atom is 0.331 e. The van der Waals surface area contributed by atoms with Gasteiger partial charge in [0.2, 0.25) is 0 Å².